The average Bonchev–Trinajstić information content (AvgIpc) is 3.05. The van der Waals surface area contributed by atoms with Gasteiger partial charge in [0, 0.05) is 18.6 Å². The van der Waals surface area contributed by atoms with Crippen molar-refractivity contribution in [1.29, 1.82) is 0 Å². The number of rotatable bonds is 4. The number of nitrogens with zero attached hydrogens (tertiary/aromatic N) is 3. The molecular formula is C17H22BN3O2. The normalized spacial score (nSPS) is 19.0. The summed E-state index contributed by atoms with van der Waals surface area (Å²) in [7, 11) is 0. The second-order valence-electron chi connectivity index (χ2n) is 7.34. The summed E-state index contributed by atoms with van der Waals surface area (Å²) in [5.41, 5.74) is 1.43. The number of ketones is 1. The molecule has 3 rings (SSSR count). The van der Waals surface area contributed by atoms with Gasteiger partial charge >= 0.3 is 6.92 Å². The number of carbonyl (C=O) groups is 1. The smallest absolute Gasteiger partial charge is 0.329 e. The van der Waals surface area contributed by atoms with E-state index in [-0.39, 0.29) is 30.3 Å². The highest BCUT2D eigenvalue weighted by molar-refractivity contribution is 6.68. The van der Waals surface area contributed by atoms with E-state index in [0.29, 0.717) is 5.69 Å². The van der Waals surface area contributed by atoms with Gasteiger partial charge in [0.25, 0.3) is 0 Å². The molecule has 3 heterocycles. The molecule has 1 saturated heterocycles. The van der Waals surface area contributed by atoms with Crippen LogP contribution in [0.4, 0.5) is 0 Å². The van der Waals surface area contributed by atoms with Gasteiger partial charge in [-0.15, -0.1) is 0 Å². The molecule has 23 heavy (non-hydrogen) atoms. The van der Waals surface area contributed by atoms with Gasteiger partial charge in [-0.25, -0.2) is 4.98 Å². The Morgan fingerprint density at radius 1 is 1.35 bits per heavy atom. The van der Waals surface area contributed by atoms with Gasteiger partial charge in [0.1, 0.15) is 5.69 Å². The Bertz CT molecular complexity index is 677. The van der Waals surface area contributed by atoms with Gasteiger partial charge in [-0.05, 0) is 37.1 Å². The SMILES string of the molecule is CC1(C)CB(c2ccc(C(=O)Cn3ccnc3)nc2)OC1(C)C. The zero-order valence-corrected chi connectivity index (χ0v) is 14.1. The number of imidazole rings is 1. The van der Waals surface area contributed by atoms with Gasteiger partial charge in [-0.1, -0.05) is 19.9 Å². The lowest BCUT2D eigenvalue weighted by molar-refractivity contribution is 0.0375. The van der Waals surface area contributed by atoms with E-state index in [4.69, 9.17) is 4.65 Å². The third kappa shape index (κ3) is 3.08. The summed E-state index contributed by atoms with van der Waals surface area (Å²) in [5, 5.41) is 0. The van der Waals surface area contributed by atoms with Crippen LogP contribution in [0.25, 0.3) is 0 Å². The van der Waals surface area contributed by atoms with Crippen LogP contribution in [0.2, 0.25) is 6.32 Å². The van der Waals surface area contributed by atoms with E-state index >= 15 is 0 Å². The topological polar surface area (TPSA) is 57.0 Å². The summed E-state index contributed by atoms with van der Waals surface area (Å²) in [6.45, 7) is 9.00. The summed E-state index contributed by atoms with van der Waals surface area (Å²) >= 11 is 0. The molecule has 2 aromatic rings. The molecule has 120 valence electrons. The van der Waals surface area contributed by atoms with Crippen molar-refractivity contribution in [2.75, 3.05) is 0 Å². The standard InChI is InChI=1S/C17H22BN3O2/c1-16(2)11-18(23-17(16,3)4)13-5-6-14(20-9-13)15(22)10-21-8-7-19-12-21/h5-9,12H,10-11H2,1-4H3. The Hall–Kier alpha value is -1.95. The second kappa shape index (κ2) is 5.60. The van der Waals surface area contributed by atoms with Gasteiger partial charge in [0.05, 0.1) is 18.5 Å². The number of aromatic nitrogens is 3. The number of hydrogen-bond donors (Lipinski definition) is 0. The number of pyridine rings is 1. The summed E-state index contributed by atoms with van der Waals surface area (Å²) in [4.78, 5) is 20.5. The van der Waals surface area contributed by atoms with Crippen LogP contribution in [0.3, 0.4) is 0 Å². The first kappa shape index (κ1) is 15.9. The molecule has 0 radical (unpaired) electrons. The summed E-state index contributed by atoms with van der Waals surface area (Å²) in [5.74, 6) is -0.0254. The molecule has 0 aliphatic carbocycles. The van der Waals surface area contributed by atoms with E-state index in [2.05, 4.69) is 37.7 Å². The van der Waals surface area contributed by atoms with Crippen molar-refractivity contribution in [3.05, 3.63) is 42.7 Å². The molecule has 0 N–H and O–H groups in total. The van der Waals surface area contributed by atoms with Crippen LogP contribution in [0.15, 0.2) is 37.1 Å². The highest BCUT2D eigenvalue weighted by Crippen LogP contribution is 2.44. The van der Waals surface area contributed by atoms with Crippen molar-refractivity contribution in [2.24, 2.45) is 5.41 Å². The Morgan fingerprint density at radius 2 is 2.13 bits per heavy atom. The molecule has 6 heteroatoms. The van der Waals surface area contributed by atoms with Gasteiger partial charge < -0.3 is 9.22 Å². The lowest BCUT2D eigenvalue weighted by atomic mass is 9.54. The first-order valence-electron chi connectivity index (χ1n) is 7.91. The van der Waals surface area contributed by atoms with E-state index in [1.54, 1.807) is 35.6 Å². The number of Topliss-reactive ketones (excluding diaryl/α,β-unsaturated/α-hetero) is 1. The fraction of sp³-hybridized carbons (Fsp3) is 0.471. The fourth-order valence-electron chi connectivity index (χ4n) is 2.84. The molecule has 0 unspecified atom stereocenters. The Balaban J connectivity index is 1.72. The highest BCUT2D eigenvalue weighted by atomic mass is 16.5. The molecule has 0 atom stereocenters. The zero-order chi connectivity index (χ0) is 16.7. The molecule has 0 amide bonds. The summed E-state index contributed by atoms with van der Waals surface area (Å²) in [6, 6.07) is 3.74. The summed E-state index contributed by atoms with van der Waals surface area (Å²) in [6.07, 6.45) is 7.77. The molecule has 1 aliphatic rings. The molecule has 1 aliphatic heterocycles. The largest absolute Gasteiger partial charge is 0.425 e. The van der Waals surface area contributed by atoms with Crippen molar-refractivity contribution in [3.8, 4) is 0 Å². The Morgan fingerprint density at radius 3 is 2.65 bits per heavy atom. The highest BCUT2D eigenvalue weighted by Gasteiger charge is 2.49. The van der Waals surface area contributed by atoms with Gasteiger partial charge in [0.2, 0.25) is 5.78 Å². The van der Waals surface area contributed by atoms with Gasteiger partial charge in [0.15, 0.2) is 0 Å². The van der Waals surface area contributed by atoms with Crippen molar-refractivity contribution in [3.63, 3.8) is 0 Å². The van der Waals surface area contributed by atoms with Crippen LogP contribution in [-0.4, -0.2) is 32.8 Å². The number of hydrogen-bond acceptors (Lipinski definition) is 4. The first-order valence-corrected chi connectivity index (χ1v) is 7.91. The Labute approximate surface area is 137 Å². The summed E-state index contributed by atoms with van der Waals surface area (Å²) < 4.78 is 7.94. The van der Waals surface area contributed by atoms with E-state index < -0.39 is 0 Å². The lowest BCUT2D eigenvalue weighted by Gasteiger charge is -2.34. The van der Waals surface area contributed by atoms with Crippen LogP contribution >= 0.6 is 0 Å². The van der Waals surface area contributed by atoms with E-state index in [9.17, 15) is 4.79 Å². The van der Waals surface area contributed by atoms with Crippen LogP contribution in [0, 0.1) is 5.41 Å². The van der Waals surface area contributed by atoms with Crippen molar-refractivity contribution < 1.29 is 9.45 Å². The van der Waals surface area contributed by atoms with Gasteiger partial charge in [-0.2, -0.15) is 0 Å². The van der Waals surface area contributed by atoms with E-state index in [1.165, 1.54) is 0 Å². The molecule has 0 bridgehead atoms. The van der Waals surface area contributed by atoms with E-state index in [0.717, 1.165) is 11.8 Å². The molecule has 0 saturated carbocycles. The quantitative estimate of drug-likeness (QED) is 0.641. The minimum atomic E-state index is -0.173. The number of carbonyl (C=O) groups excluding carboxylic acids is 1. The molecule has 5 nitrogen and oxygen atoms in total. The lowest BCUT2D eigenvalue weighted by Crippen LogP contribution is -2.36. The van der Waals surface area contributed by atoms with Crippen LogP contribution in [0.1, 0.15) is 38.2 Å². The molecule has 0 aromatic carbocycles. The average molecular weight is 311 g/mol. The zero-order valence-electron chi connectivity index (χ0n) is 14.1. The predicted molar refractivity (Wildman–Crippen MR) is 89.9 cm³/mol. The fourth-order valence-corrected chi connectivity index (χ4v) is 2.84. The van der Waals surface area contributed by atoms with Crippen LogP contribution in [-0.2, 0) is 11.2 Å². The van der Waals surface area contributed by atoms with Crippen molar-refractivity contribution >= 4 is 18.2 Å². The van der Waals surface area contributed by atoms with E-state index in [1.807, 2.05) is 6.07 Å². The predicted octanol–water partition coefficient (Wildman–Crippen LogP) is 2.19. The minimum absolute atomic E-state index is 0.0254. The van der Waals surface area contributed by atoms with Crippen LogP contribution in [0.5, 0.6) is 0 Å². The third-order valence-electron chi connectivity index (χ3n) is 5.09. The molecule has 1 fully saturated rings. The molecular weight excluding hydrogens is 289 g/mol. The molecule has 0 spiro atoms. The van der Waals surface area contributed by atoms with Crippen molar-refractivity contribution in [2.45, 2.75) is 46.2 Å². The maximum atomic E-state index is 12.2. The maximum Gasteiger partial charge on any atom is 0.329 e. The van der Waals surface area contributed by atoms with Gasteiger partial charge in [-0.3, -0.25) is 9.78 Å². The third-order valence-corrected chi connectivity index (χ3v) is 5.09. The second-order valence-corrected chi connectivity index (χ2v) is 7.34. The minimum Gasteiger partial charge on any atom is -0.425 e. The Kier molecular flexibility index (Phi) is 3.88. The first-order chi connectivity index (χ1) is 10.8. The monoisotopic (exact) mass is 311 g/mol. The maximum absolute atomic E-state index is 12.2. The molecule has 2 aromatic heterocycles. The van der Waals surface area contributed by atoms with Crippen molar-refractivity contribution in [1.82, 2.24) is 14.5 Å². The van der Waals surface area contributed by atoms with Crippen LogP contribution < -0.4 is 5.46 Å².